The van der Waals surface area contributed by atoms with Gasteiger partial charge in [-0.15, -0.1) is 0 Å². The third-order valence-electron chi connectivity index (χ3n) is 3.86. The first-order chi connectivity index (χ1) is 9.15. The molecule has 3 atom stereocenters. The predicted molar refractivity (Wildman–Crippen MR) is 74.1 cm³/mol. The minimum atomic E-state index is -0.324. The van der Waals surface area contributed by atoms with E-state index >= 15 is 0 Å². The molecule has 0 radical (unpaired) electrons. The molecule has 2 heterocycles. The quantitative estimate of drug-likeness (QED) is 0.701. The van der Waals surface area contributed by atoms with Gasteiger partial charge in [0.2, 0.25) is 5.95 Å². The molecule has 3 rings (SSSR count). The lowest BCUT2D eigenvalue weighted by Gasteiger charge is -2.43. The molecule has 7 nitrogen and oxygen atoms in total. The SMILES string of the molecule is Nc1nc2c(ncn2C2CC(CO)C2CBr)c(=O)[nH]1. The summed E-state index contributed by atoms with van der Waals surface area (Å²) in [5.74, 6) is 0.679. The summed E-state index contributed by atoms with van der Waals surface area (Å²) in [6.07, 6.45) is 2.48. The van der Waals surface area contributed by atoms with E-state index < -0.39 is 0 Å². The number of rotatable bonds is 3. The molecule has 0 bridgehead atoms. The lowest BCUT2D eigenvalue weighted by Crippen LogP contribution is -2.41. The van der Waals surface area contributed by atoms with Crippen LogP contribution >= 0.6 is 15.9 Å². The Kier molecular flexibility index (Phi) is 3.06. The largest absolute Gasteiger partial charge is 0.396 e. The van der Waals surface area contributed by atoms with Crippen LogP contribution in [-0.4, -0.2) is 36.6 Å². The van der Waals surface area contributed by atoms with E-state index in [1.807, 2.05) is 4.57 Å². The predicted octanol–water partition coefficient (Wildman–Crippen LogP) is 0.266. The van der Waals surface area contributed by atoms with E-state index in [2.05, 4.69) is 30.9 Å². The first-order valence-corrected chi connectivity index (χ1v) is 7.17. The Labute approximate surface area is 117 Å². The van der Waals surface area contributed by atoms with E-state index in [0.717, 1.165) is 11.8 Å². The molecule has 0 aromatic carbocycles. The van der Waals surface area contributed by atoms with Gasteiger partial charge < -0.3 is 15.4 Å². The molecule has 19 heavy (non-hydrogen) atoms. The molecule has 1 aliphatic rings. The number of hydrogen-bond acceptors (Lipinski definition) is 5. The third-order valence-corrected chi connectivity index (χ3v) is 4.61. The minimum absolute atomic E-state index is 0.0904. The fraction of sp³-hybridized carbons (Fsp3) is 0.545. The summed E-state index contributed by atoms with van der Waals surface area (Å²) < 4.78 is 1.89. The van der Waals surface area contributed by atoms with Crippen molar-refractivity contribution in [3.8, 4) is 0 Å². The Balaban J connectivity index is 2.05. The van der Waals surface area contributed by atoms with Gasteiger partial charge in [0.05, 0.1) is 6.33 Å². The van der Waals surface area contributed by atoms with Gasteiger partial charge in [-0.1, -0.05) is 15.9 Å². The van der Waals surface area contributed by atoms with E-state index in [1.165, 1.54) is 0 Å². The van der Waals surface area contributed by atoms with Crippen LogP contribution in [0, 0.1) is 11.8 Å². The Hall–Kier alpha value is -1.41. The van der Waals surface area contributed by atoms with Crippen molar-refractivity contribution in [1.82, 2.24) is 19.5 Å². The van der Waals surface area contributed by atoms with E-state index in [9.17, 15) is 9.90 Å². The number of aliphatic hydroxyl groups excluding tert-OH is 1. The van der Waals surface area contributed by atoms with Crippen LogP contribution in [0.2, 0.25) is 0 Å². The highest BCUT2D eigenvalue weighted by Crippen LogP contribution is 2.45. The average molecular weight is 328 g/mol. The van der Waals surface area contributed by atoms with Crippen molar-refractivity contribution in [1.29, 1.82) is 0 Å². The van der Waals surface area contributed by atoms with Gasteiger partial charge in [0.25, 0.3) is 5.56 Å². The number of nitrogens with one attached hydrogen (secondary N) is 1. The highest BCUT2D eigenvalue weighted by Gasteiger charge is 2.41. The van der Waals surface area contributed by atoms with Crippen molar-refractivity contribution < 1.29 is 5.11 Å². The molecule has 0 aliphatic heterocycles. The Morgan fingerprint density at radius 3 is 3.11 bits per heavy atom. The van der Waals surface area contributed by atoms with Gasteiger partial charge in [-0.05, 0) is 18.3 Å². The molecule has 0 amide bonds. The first kappa shape index (κ1) is 12.6. The average Bonchev–Trinajstić information content (AvgIpc) is 2.73. The topological polar surface area (TPSA) is 110 Å². The van der Waals surface area contributed by atoms with Gasteiger partial charge in [-0.3, -0.25) is 9.78 Å². The molecule has 102 valence electrons. The monoisotopic (exact) mass is 327 g/mol. The molecule has 2 aromatic heterocycles. The third kappa shape index (κ3) is 1.86. The fourth-order valence-electron chi connectivity index (χ4n) is 2.72. The molecule has 0 spiro atoms. The molecule has 1 fully saturated rings. The van der Waals surface area contributed by atoms with Gasteiger partial charge in [-0.25, -0.2) is 4.98 Å². The first-order valence-electron chi connectivity index (χ1n) is 6.04. The standard InChI is InChI=1S/C11H14BrN5O2/c12-2-6-5(3-18)1-7(6)17-4-14-8-9(17)15-11(13)16-10(8)19/h4-7,18H,1-3H2,(H3,13,15,16,19). The molecule has 1 saturated carbocycles. The number of nitrogen functional groups attached to an aromatic ring is 1. The van der Waals surface area contributed by atoms with Gasteiger partial charge in [-0.2, -0.15) is 4.98 Å². The van der Waals surface area contributed by atoms with E-state index in [4.69, 9.17) is 5.73 Å². The zero-order valence-corrected chi connectivity index (χ0v) is 11.7. The van der Waals surface area contributed by atoms with Crippen LogP contribution in [0.1, 0.15) is 12.5 Å². The van der Waals surface area contributed by atoms with Crippen molar-refractivity contribution >= 4 is 33.0 Å². The molecule has 0 saturated heterocycles. The summed E-state index contributed by atoms with van der Waals surface area (Å²) in [5, 5.41) is 10.1. The van der Waals surface area contributed by atoms with E-state index in [0.29, 0.717) is 17.1 Å². The number of fused-ring (bicyclic) bond motifs is 1. The number of hydrogen-bond donors (Lipinski definition) is 3. The number of anilines is 1. The lowest BCUT2D eigenvalue weighted by molar-refractivity contribution is 0.0478. The van der Waals surface area contributed by atoms with Crippen LogP contribution in [0.5, 0.6) is 0 Å². The molecule has 1 aliphatic carbocycles. The summed E-state index contributed by atoms with van der Waals surface area (Å²) in [6, 6.07) is 0.190. The van der Waals surface area contributed by atoms with Crippen LogP contribution in [0.3, 0.4) is 0 Å². The fourth-order valence-corrected chi connectivity index (χ4v) is 3.68. The molecule has 8 heteroatoms. The van der Waals surface area contributed by atoms with E-state index in [1.54, 1.807) is 6.33 Å². The summed E-state index contributed by atoms with van der Waals surface area (Å²) in [6.45, 7) is 0.176. The van der Waals surface area contributed by atoms with Crippen LogP contribution < -0.4 is 11.3 Å². The van der Waals surface area contributed by atoms with Crippen molar-refractivity contribution in [2.75, 3.05) is 17.7 Å². The number of nitrogens with zero attached hydrogens (tertiary/aromatic N) is 3. The number of aromatic nitrogens is 4. The number of H-pyrrole nitrogens is 1. The highest BCUT2D eigenvalue weighted by atomic mass is 79.9. The van der Waals surface area contributed by atoms with Crippen molar-refractivity contribution in [2.24, 2.45) is 11.8 Å². The maximum Gasteiger partial charge on any atom is 0.280 e. The molecule has 2 aromatic rings. The molecule has 3 unspecified atom stereocenters. The van der Waals surface area contributed by atoms with Crippen LogP contribution in [0.4, 0.5) is 5.95 Å². The number of aromatic amines is 1. The van der Waals surface area contributed by atoms with Gasteiger partial charge in [0.15, 0.2) is 11.2 Å². The number of aliphatic hydroxyl groups is 1. The number of nitrogens with two attached hydrogens (primary N) is 1. The van der Waals surface area contributed by atoms with Crippen LogP contribution in [-0.2, 0) is 0 Å². The highest BCUT2D eigenvalue weighted by molar-refractivity contribution is 9.09. The minimum Gasteiger partial charge on any atom is -0.396 e. The number of halogens is 1. The van der Waals surface area contributed by atoms with Gasteiger partial charge in [0, 0.05) is 18.0 Å². The van der Waals surface area contributed by atoms with Crippen LogP contribution in [0.15, 0.2) is 11.1 Å². The number of alkyl halides is 1. The summed E-state index contributed by atoms with van der Waals surface area (Å²) in [4.78, 5) is 22.4. The zero-order valence-electron chi connectivity index (χ0n) is 10.1. The molecular formula is C11H14BrN5O2. The second kappa shape index (κ2) is 4.61. The summed E-state index contributed by atoms with van der Waals surface area (Å²) >= 11 is 3.47. The second-order valence-corrected chi connectivity index (χ2v) is 5.49. The smallest absolute Gasteiger partial charge is 0.280 e. The zero-order chi connectivity index (χ0) is 13.6. The maximum absolute atomic E-state index is 11.7. The Morgan fingerprint density at radius 1 is 1.63 bits per heavy atom. The van der Waals surface area contributed by atoms with Gasteiger partial charge >= 0.3 is 0 Å². The van der Waals surface area contributed by atoms with Crippen LogP contribution in [0.25, 0.3) is 11.2 Å². The summed E-state index contributed by atoms with van der Waals surface area (Å²) in [5.41, 5.74) is 6.06. The van der Waals surface area contributed by atoms with Crippen molar-refractivity contribution in [3.63, 3.8) is 0 Å². The Morgan fingerprint density at radius 2 is 2.42 bits per heavy atom. The molecular weight excluding hydrogens is 314 g/mol. The second-order valence-electron chi connectivity index (χ2n) is 4.84. The maximum atomic E-state index is 11.7. The normalized spacial score (nSPS) is 26.5. The van der Waals surface area contributed by atoms with Crippen molar-refractivity contribution in [3.05, 3.63) is 16.7 Å². The van der Waals surface area contributed by atoms with E-state index in [-0.39, 0.29) is 30.1 Å². The lowest BCUT2D eigenvalue weighted by atomic mass is 9.70. The Bertz CT molecular complexity index is 667. The summed E-state index contributed by atoms with van der Waals surface area (Å²) in [7, 11) is 0. The number of imidazole rings is 1. The van der Waals surface area contributed by atoms with Gasteiger partial charge in [0.1, 0.15) is 0 Å². The van der Waals surface area contributed by atoms with Crippen molar-refractivity contribution in [2.45, 2.75) is 12.5 Å². The molecule has 4 N–H and O–H groups in total.